The van der Waals surface area contributed by atoms with Crippen LogP contribution in [0.2, 0.25) is 0 Å². The highest BCUT2D eigenvalue weighted by Gasteiger charge is 2.24. The van der Waals surface area contributed by atoms with Crippen LogP contribution in [0.1, 0.15) is 36.1 Å². The zero-order valence-electron chi connectivity index (χ0n) is 16.0. The average Bonchev–Trinajstić information content (AvgIpc) is 2.60. The zero-order valence-corrected chi connectivity index (χ0v) is 16.8. The van der Waals surface area contributed by atoms with E-state index in [4.69, 9.17) is 0 Å². The number of benzene rings is 2. The molecule has 0 aliphatic rings. The number of aryl methyl sites for hydroxylation is 2. The lowest BCUT2D eigenvalue weighted by atomic mass is 9.99. The number of carbonyl (C=O) groups is 1. The molecular formula is C20H25FN2O3S. The number of rotatable bonds is 7. The molecule has 0 aliphatic heterocycles. The van der Waals surface area contributed by atoms with Crippen LogP contribution < -0.4 is 9.62 Å². The molecule has 2 aromatic carbocycles. The van der Waals surface area contributed by atoms with Gasteiger partial charge in [-0.15, -0.1) is 0 Å². The lowest BCUT2D eigenvalue weighted by Gasteiger charge is -2.24. The third kappa shape index (κ3) is 5.29. The molecular weight excluding hydrogens is 367 g/mol. The number of sulfonamides is 1. The Balaban J connectivity index is 2.22. The molecule has 0 aliphatic carbocycles. The fourth-order valence-corrected chi connectivity index (χ4v) is 3.67. The molecule has 1 atom stereocenters. The van der Waals surface area contributed by atoms with Crippen LogP contribution in [0.4, 0.5) is 10.1 Å². The van der Waals surface area contributed by atoms with Gasteiger partial charge in [0.2, 0.25) is 15.9 Å². The Morgan fingerprint density at radius 1 is 1.15 bits per heavy atom. The number of hydrogen-bond acceptors (Lipinski definition) is 3. The fraction of sp³-hybridized carbons (Fsp3) is 0.350. The first-order chi connectivity index (χ1) is 12.6. The van der Waals surface area contributed by atoms with E-state index in [9.17, 15) is 17.6 Å². The monoisotopic (exact) mass is 392 g/mol. The number of nitrogens with zero attached hydrogens (tertiary/aromatic N) is 1. The summed E-state index contributed by atoms with van der Waals surface area (Å²) in [6.45, 7) is 5.46. The van der Waals surface area contributed by atoms with Crippen molar-refractivity contribution in [1.82, 2.24) is 5.32 Å². The van der Waals surface area contributed by atoms with Crippen molar-refractivity contribution in [3.05, 3.63) is 65.0 Å². The highest BCUT2D eigenvalue weighted by atomic mass is 32.2. The summed E-state index contributed by atoms with van der Waals surface area (Å²) >= 11 is 0. The van der Waals surface area contributed by atoms with Gasteiger partial charge in [0, 0.05) is 0 Å². The van der Waals surface area contributed by atoms with E-state index >= 15 is 0 Å². The molecule has 0 saturated carbocycles. The van der Waals surface area contributed by atoms with Gasteiger partial charge >= 0.3 is 0 Å². The third-order valence-corrected chi connectivity index (χ3v) is 5.61. The van der Waals surface area contributed by atoms with Crippen molar-refractivity contribution in [2.45, 2.75) is 33.2 Å². The van der Waals surface area contributed by atoms with Gasteiger partial charge in [-0.2, -0.15) is 0 Å². The normalized spacial score (nSPS) is 12.5. The number of halogens is 1. The van der Waals surface area contributed by atoms with Gasteiger partial charge in [0.25, 0.3) is 0 Å². The summed E-state index contributed by atoms with van der Waals surface area (Å²) in [5.74, 6) is -1.19. The number of amides is 1. The maximum absolute atomic E-state index is 14.1. The van der Waals surface area contributed by atoms with Crippen LogP contribution in [0, 0.1) is 19.7 Å². The number of carbonyl (C=O) groups excluding carboxylic acids is 1. The second-order valence-corrected chi connectivity index (χ2v) is 8.50. The van der Waals surface area contributed by atoms with Gasteiger partial charge in [0.05, 0.1) is 18.0 Å². The molecule has 0 spiro atoms. The highest BCUT2D eigenvalue weighted by molar-refractivity contribution is 7.92. The van der Waals surface area contributed by atoms with E-state index in [1.807, 2.05) is 39.0 Å². The first-order valence-corrected chi connectivity index (χ1v) is 10.6. The van der Waals surface area contributed by atoms with E-state index < -0.39 is 28.3 Å². The molecule has 0 saturated heterocycles. The van der Waals surface area contributed by atoms with E-state index in [0.29, 0.717) is 6.42 Å². The minimum absolute atomic E-state index is 0.144. The number of anilines is 1. The van der Waals surface area contributed by atoms with Crippen molar-refractivity contribution in [1.29, 1.82) is 0 Å². The zero-order chi connectivity index (χ0) is 20.2. The largest absolute Gasteiger partial charge is 0.348 e. The van der Waals surface area contributed by atoms with Crippen molar-refractivity contribution in [3.8, 4) is 0 Å². The smallest absolute Gasteiger partial charge is 0.241 e. The van der Waals surface area contributed by atoms with Gasteiger partial charge in [-0.25, -0.2) is 12.8 Å². The maximum Gasteiger partial charge on any atom is 0.241 e. The van der Waals surface area contributed by atoms with E-state index in [0.717, 1.165) is 33.3 Å². The summed E-state index contributed by atoms with van der Waals surface area (Å²) in [7, 11) is -3.82. The van der Waals surface area contributed by atoms with Gasteiger partial charge in [-0.1, -0.05) is 37.3 Å². The molecule has 0 heterocycles. The molecule has 0 fully saturated rings. The molecule has 1 amide bonds. The average molecular weight is 392 g/mol. The van der Waals surface area contributed by atoms with Crippen molar-refractivity contribution >= 4 is 21.6 Å². The SMILES string of the molecule is CC[C@H](NC(=O)CN(c1ccccc1F)S(C)(=O)=O)c1ccc(C)c(C)c1. The molecule has 27 heavy (non-hydrogen) atoms. The first-order valence-electron chi connectivity index (χ1n) is 8.72. The van der Waals surface area contributed by atoms with Gasteiger partial charge in [-0.05, 0) is 49.1 Å². The quantitative estimate of drug-likeness (QED) is 0.785. The highest BCUT2D eigenvalue weighted by Crippen LogP contribution is 2.22. The lowest BCUT2D eigenvalue weighted by molar-refractivity contribution is -0.120. The first kappa shape index (κ1) is 20.9. The fourth-order valence-electron chi connectivity index (χ4n) is 2.81. The van der Waals surface area contributed by atoms with Gasteiger partial charge < -0.3 is 5.32 Å². The van der Waals surface area contributed by atoms with Crippen LogP contribution in [0.5, 0.6) is 0 Å². The van der Waals surface area contributed by atoms with E-state index in [-0.39, 0.29) is 11.7 Å². The van der Waals surface area contributed by atoms with Crippen LogP contribution in [0.25, 0.3) is 0 Å². The summed E-state index contributed by atoms with van der Waals surface area (Å²) < 4.78 is 39.1. The Bertz CT molecular complexity index is 929. The minimum atomic E-state index is -3.82. The lowest BCUT2D eigenvalue weighted by Crippen LogP contribution is -2.41. The summed E-state index contributed by atoms with van der Waals surface area (Å²) in [5, 5.41) is 2.85. The predicted octanol–water partition coefficient (Wildman–Crippen LogP) is 3.48. The Morgan fingerprint density at radius 2 is 1.81 bits per heavy atom. The molecule has 0 unspecified atom stereocenters. The molecule has 7 heteroatoms. The molecule has 0 aromatic heterocycles. The van der Waals surface area contributed by atoms with E-state index in [2.05, 4.69) is 5.32 Å². The molecule has 1 N–H and O–H groups in total. The molecule has 0 bridgehead atoms. The van der Waals surface area contributed by atoms with E-state index in [1.54, 1.807) is 0 Å². The number of para-hydroxylation sites is 1. The van der Waals surface area contributed by atoms with Crippen LogP contribution in [-0.4, -0.2) is 27.1 Å². The van der Waals surface area contributed by atoms with Gasteiger partial charge in [0.15, 0.2) is 0 Å². The molecule has 146 valence electrons. The summed E-state index contributed by atoms with van der Waals surface area (Å²) in [6, 6.07) is 11.2. The Kier molecular flexibility index (Phi) is 6.59. The van der Waals surface area contributed by atoms with Crippen LogP contribution in [0.3, 0.4) is 0 Å². The second-order valence-electron chi connectivity index (χ2n) is 6.59. The predicted molar refractivity (Wildman–Crippen MR) is 106 cm³/mol. The Hall–Kier alpha value is -2.41. The van der Waals surface area contributed by atoms with Crippen molar-refractivity contribution in [2.75, 3.05) is 17.1 Å². The molecule has 5 nitrogen and oxygen atoms in total. The van der Waals surface area contributed by atoms with Gasteiger partial charge in [0.1, 0.15) is 12.4 Å². The topological polar surface area (TPSA) is 66.5 Å². The van der Waals surface area contributed by atoms with Crippen LogP contribution in [-0.2, 0) is 14.8 Å². The Labute approximate surface area is 160 Å². The van der Waals surface area contributed by atoms with Crippen molar-refractivity contribution in [3.63, 3.8) is 0 Å². The van der Waals surface area contributed by atoms with Crippen LogP contribution >= 0.6 is 0 Å². The number of hydrogen-bond donors (Lipinski definition) is 1. The summed E-state index contributed by atoms with van der Waals surface area (Å²) in [6.07, 6.45) is 1.60. The second kappa shape index (κ2) is 8.52. The van der Waals surface area contributed by atoms with E-state index in [1.165, 1.54) is 18.2 Å². The summed E-state index contributed by atoms with van der Waals surface area (Å²) in [4.78, 5) is 12.5. The maximum atomic E-state index is 14.1. The minimum Gasteiger partial charge on any atom is -0.348 e. The molecule has 2 aromatic rings. The molecule has 2 rings (SSSR count). The Morgan fingerprint density at radius 3 is 2.37 bits per heavy atom. The van der Waals surface area contributed by atoms with Crippen LogP contribution in [0.15, 0.2) is 42.5 Å². The van der Waals surface area contributed by atoms with Crippen molar-refractivity contribution in [2.24, 2.45) is 0 Å². The third-order valence-electron chi connectivity index (χ3n) is 4.49. The standard InChI is InChI=1S/C20H25FN2O3S/c1-5-18(16-11-10-14(2)15(3)12-16)22-20(24)13-23(27(4,25)26)19-9-7-6-8-17(19)21/h6-12,18H,5,13H2,1-4H3,(H,22,24)/t18-/m0/s1. The molecule has 0 radical (unpaired) electrons. The summed E-state index contributed by atoms with van der Waals surface area (Å²) in [5.41, 5.74) is 3.08. The van der Waals surface area contributed by atoms with Gasteiger partial charge in [-0.3, -0.25) is 9.10 Å². The van der Waals surface area contributed by atoms with Crippen molar-refractivity contribution < 1.29 is 17.6 Å². The number of nitrogens with one attached hydrogen (secondary N) is 1.